The molecule has 0 unspecified atom stereocenters. The summed E-state index contributed by atoms with van der Waals surface area (Å²) in [5.74, 6) is 1.04. The van der Waals surface area contributed by atoms with Crippen molar-refractivity contribution >= 4 is 40.3 Å². The number of fused-ring (bicyclic) bond motifs is 1. The normalized spacial score (nSPS) is 11.2. The maximum atomic E-state index is 11.1. The van der Waals surface area contributed by atoms with Gasteiger partial charge in [-0.15, -0.1) is 0 Å². The first-order valence-corrected chi connectivity index (χ1v) is 13.4. The van der Waals surface area contributed by atoms with E-state index in [1.807, 2.05) is 31.2 Å². The maximum absolute atomic E-state index is 11.1. The highest BCUT2D eigenvalue weighted by atomic mass is 32.2. The number of carbonyl (C=O) groups is 1. The number of rotatable bonds is 10. The Morgan fingerprint density at radius 2 is 1.71 bits per heavy atom. The van der Waals surface area contributed by atoms with E-state index in [2.05, 4.69) is 67.4 Å². The number of ether oxygens (including phenoxy) is 1. The Bertz CT molecular complexity index is 1050. The molecule has 0 aliphatic rings. The molecule has 0 atom stereocenters. The molecule has 1 heterocycles. The number of carbonyl (C=O) groups excluding carboxylic acids is 1. The summed E-state index contributed by atoms with van der Waals surface area (Å²) in [5.41, 5.74) is 3.99. The second kappa shape index (κ2) is 14.1. The summed E-state index contributed by atoms with van der Waals surface area (Å²) in [6.07, 6.45) is 3.82. The molecule has 0 aliphatic heterocycles. The van der Waals surface area contributed by atoms with E-state index >= 15 is 0 Å². The lowest BCUT2D eigenvalue weighted by atomic mass is 9.96. The van der Waals surface area contributed by atoms with Gasteiger partial charge in [0.1, 0.15) is 5.82 Å². The Hall–Kier alpha value is -2.51. The van der Waals surface area contributed by atoms with Crippen LogP contribution in [0.2, 0.25) is 0 Å². The van der Waals surface area contributed by atoms with Gasteiger partial charge in [0.2, 0.25) is 5.91 Å². The SMILES string of the molecule is CCCCCOCC.CCn1c(C(C)(C)C)nc2cc(NSc3ccc(NC(C)=O)cc3)ccc21. The fourth-order valence-corrected chi connectivity index (χ4v) is 4.25. The summed E-state index contributed by atoms with van der Waals surface area (Å²) in [6.45, 7) is 17.2. The molecule has 3 aromatic rings. The zero-order valence-electron chi connectivity index (χ0n) is 22.4. The van der Waals surface area contributed by atoms with E-state index in [0.29, 0.717) is 0 Å². The van der Waals surface area contributed by atoms with E-state index in [0.717, 1.165) is 52.9 Å². The molecular formula is C28H42N4O2S. The van der Waals surface area contributed by atoms with Gasteiger partial charge in [0.25, 0.3) is 0 Å². The first-order valence-electron chi connectivity index (χ1n) is 12.6. The minimum atomic E-state index is -0.0667. The molecule has 1 aromatic heterocycles. The van der Waals surface area contributed by atoms with Crippen LogP contribution in [0.1, 0.15) is 73.6 Å². The number of hydrogen-bond donors (Lipinski definition) is 2. The molecule has 1 amide bonds. The number of amides is 1. The van der Waals surface area contributed by atoms with Gasteiger partial charge in [-0.3, -0.25) is 4.79 Å². The summed E-state index contributed by atoms with van der Waals surface area (Å²) < 4.78 is 10.8. The van der Waals surface area contributed by atoms with Gasteiger partial charge in [-0.25, -0.2) is 4.98 Å². The lowest BCUT2D eigenvalue weighted by Gasteiger charge is -2.19. The number of hydrogen-bond acceptors (Lipinski definition) is 5. The molecule has 35 heavy (non-hydrogen) atoms. The van der Waals surface area contributed by atoms with E-state index < -0.39 is 0 Å². The number of aryl methyl sites for hydroxylation is 1. The average molecular weight is 499 g/mol. The highest BCUT2D eigenvalue weighted by molar-refractivity contribution is 8.00. The second-order valence-electron chi connectivity index (χ2n) is 9.45. The number of nitrogens with one attached hydrogen (secondary N) is 2. The maximum Gasteiger partial charge on any atom is 0.221 e. The van der Waals surface area contributed by atoms with Crippen LogP contribution in [-0.4, -0.2) is 28.7 Å². The fraction of sp³-hybridized carbons (Fsp3) is 0.500. The Morgan fingerprint density at radius 3 is 2.29 bits per heavy atom. The van der Waals surface area contributed by atoms with Crippen molar-refractivity contribution in [1.82, 2.24) is 9.55 Å². The van der Waals surface area contributed by atoms with Crippen molar-refractivity contribution in [3.05, 3.63) is 48.3 Å². The molecule has 0 bridgehead atoms. The van der Waals surface area contributed by atoms with E-state index in [9.17, 15) is 4.79 Å². The van der Waals surface area contributed by atoms with Gasteiger partial charge in [0.05, 0.1) is 11.0 Å². The predicted octanol–water partition coefficient (Wildman–Crippen LogP) is 7.64. The molecular weight excluding hydrogens is 456 g/mol. The monoisotopic (exact) mass is 498 g/mol. The lowest BCUT2D eigenvalue weighted by Crippen LogP contribution is -2.18. The molecule has 3 rings (SSSR count). The van der Waals surface area contributed by atoms with Crippen LogP contribution in [0.25, 0.3) is 11.0 Å². The van der Waals surface area contributed by atoms with Gasteiger partial charge in [-0.2, -0.15) is 0 Å². The van der Waals surface area contributed by atoms with Gasteiger partial charge >= 0.3 is 0 Å². The highest BCUT2D eigenvalue weighted by Crippen LogP contribution is 2.29. The number of unbranched alkanes of at least 4 members (excludes halogenated alkanes) is 2. The summed E-state index contributed by atoms with van der Waals surface area (Å²) in [5, 5.41) is 2.77. The average Bonchev–Trinajstić information content (AvgIpc) is 3.20. The zero-order valence-corrected chi connectivity index (χ0v) is 23.2. The lowest BCUT2D eigenvalue weighted by molar-refractivity contribution is -0.114. The molecule has 2 N–H and O–H groups in total. The van der Waals surface area contributed by atoms with Crippen molar-refractivity contribution in [1.29, 1.82) is 0 Å². The molecule has 0 fully saturated rings. The zero-order chi connectivity index (χ0) is 25.8. The molecule has 0 saturated carbocycles. The molecule has 7 heteroatoms. The van der Waals surface area contributed by atoms with Crippen molar-refractivity contribution in [3.63, 3.8) is 0 Å². The van der Waals surface area contributed by atoms with Crippen LogP contribution in [-0.2, 0) is 21.5 Å². The highest BCUT2D eigenvalue weighted by Gasteiger charge is 2.22. The molecule has 0 saturated heterocycles. The van der Waals surface area contributed by atoms with Crippen molar-refractivity contribution < 1.29 is 9.53 Å². The fourth-order valence-electron chi connectivity index (χ4n) is 3.61. The molecule has 0 spiro atoms. The van der Waals surface area contributed by atoms with Gasteiger partial charge < -0.3 is 19.3 Å². The molecule has 0 radical (unpaired) electrons. The number of imidazole rings is 1. The largest absolute Gasteiger partial charge is 0.382 e. The topological polar surface area (TPSA) is 68.2 Å². The minimum Gasteiger partial charge on any atom is -0.382 e. The van der Waals surface area contributed by atoms with Crippen LogP contribution in [0.4, 0.5) is 11.4 Å². The van der Waals surface area contributed by atoms with Gasteiger partial charge in [0.15, 0.2) is 0 Å². The number of benzene rings is 2. The number of anilines is 2. The summed E-state index contributed by atoms with van der Waals surface area (Å²) in [7, 11) is 0. The Morgan fingerprint density at radius 1 is 1.03 bits per heavy atom. The molecule has 192 valence electrons. The first kappa shape index (κ1) is 28.7. The van der Waals surface area contributed by atoms with Gasteiger partial charge in [-0.05, 0) is 74.7 Å². The Balaban J connectivity index is 0.000000466. The standard InChI is InChI=1S/C21H26N4OS.C7H16O/c1-6-25-19-12-9-16(13-18(19)23-20(25)21(3,4)5)24-27-17-10-7-15(8-11-17)22-14(2)26;1-3-5-6-7-8-4-2/h7-13,24H,6H2,1-5H3,(H,22,26);3-7H2,1-2H3. The van der Waals surface area contributed by atoms with Gasteiger partial charge in [0, 0.05) is 48.4 Å². The summed E-state index contributed by atoms with van der Waals surface area (Å²) in [6, 6.07) is 14.1. The van der Waals surface area contributed by atoms with Crippen molar-refractivity contribution in [2.75, 3.05) is 23.3 Å². The summed E-state index contributed by atoms with van der Waals surface area (Å²) in [4.78, 5) is 17.0. The minimum absolute atomic E-state index is 0.00697. The third-order valence-electron chi connectivity index (χ3n) is 5.29. The van der Waals surface area contributed by atoms with E-state index in [-0.39, 0.29) is 11.3 Å². The number of aromatic nitrogens is 2. The smallest absolute Gasteiger partial charge is 0.221 e. The summed E-state index contributed by atoms with van der Waals surface area (Å²) >= 11 is 1.53. The van der Waals surface area contributed by atoms with E-state index in [4.69, 9.17) is 9.72 Å². The van der Waals surface area contributed by atoms with Crippen molar-refractivity contribution in [2.24, 2.45) is 0 Å². The van der Waals surface area contributed by atoms with Crippen molar-refractivity contribution in [2.45, 2.75) is 84.6 Å². The van der Waals surface area contributed by atoms with Crippen LogP contribution in [0, 0.1) is 0 Å². The van der Waals surface area contributed by atoms with Crippen LogP contribution in [0.3, 0.4) is 0 Å². The second-order valence-corrected chi connectivity index (χ2v) is 10.3. The first-order chi connectivity index (χ1) is 16.7. The van der Waals surface area contributed by atoms with Crippen LogP contribution in [0.5, 0.6) is 0 Å². The molecule has 0 aliphatic carbocycles. The van der Waals surface area contributed by atoms with E-state index in [1.165, 1.54) is 38.1 Å². The molecule has 6 nitrogen and oxygen atoms in total. The quantitative estimate of drug-likeness (QED) is 0.222. The van der Waals surface area contributed by atoms with Crippen LogP contribution >= 0.6 is 11.9 Å². The molecule has 2 aromatic carbocycles. The van der Waals surface area contributed by atoms with Crippen LogP contribution < -0.4 is 10.0 Å². The Labute approximate surface area is 215 Å². The third-order valence-corrected chi connectivity index (χ3v) is 6.14. The van der Waals surface area contributed by atoms with Gasteiger partial charge in [-0.1, -0.05) is 40.5 Å². The van der Waals surface area contributed by atoms with E-state index in [1.54, 1.807) is 0 Å². The third kappa shape index (κ3) is 9.22. The van der Waals surface area contributed by atoms with Crippen LogP contribution in [0.15, 0.2) is 47.4 Å². The van der Waals surface area contributed by atoms with Crippen molar-refractivity contribution in [3.8, 4) is 0 Å². The predicted molar refractivity (Wildman–Crippen MR) is 150 cm³/mol. The number of nitrogens with zero attached hydrogens (tertiary/aromatic N) is 2. The Kier molecular flexibility index (Phi) is 11.6.